The molecular formula is C33H36O3. The first-order valence-electron chi connectivity index (χ1n) is 12.8. The molecule has 1 saturated heterocycles. The molecule has 0 aromatic heterocycles. The predicted octanol–water partition coefficient (Wildman–Crippen LogP) is 8.47. The molecule has 36 heavy (non-hydrogen) atoms. The Kier molecular flexibility index (Phi) is 8.69. The maximum atomic E-state index is 12.1. The van der Waals surface area contributed by atoms with E-state index in [1.54, 1.807) is 0 Å². The molecule has 0 atom stereocenters. The van der Waals surface area contributed by atoms with Crippen LogP contribution in [0.4, 0.5) is 0 Å². The smallest absolute Gasteiger partial charge is 0.183 e. The quantitative estimate of drug-likeness (QED) is 0.228. The van der Waals surface area contributed by atoms with Crippen molar-refractivity contribution in [1.29, 1.82) is 0 Å². The van der Waals surface area contributed by atoms with Crippen LogP contribution < -0.4 is 0 Å². The highest BCUT2D eigenvalue weighted by atomic mass is 16.7. The average Bonchev–Trinajstić information content (AvgIpc) is 2.90. The van der Waals surface area contributed by atoms with E-state index >= 15 is 0 Å². The van der Waals surface area contributed by atoms with Crippen LogP contribution in [0, 0.1) is 5.41 Å². The Bertz CT molecular complexity index is 1170. The number of hydrogen-bond donors (Lipinski definition) is 0. The van der Waals surface area contributed by atoms with Crippen molar-refractivity contribution in [3.63, 3.8) is 0 Å². The zero-order valence-corrected chi connectivity index (χ0v) is 21.6. The van der Waals surface area contributed by atoms with Gasteiger partial charge in [0.2, 0.25) is 0 Å². The lowest BCUT2D eigenvalue weighted by atomic mass is 9.95. The normalized spacial score (nSPS) is 16.1. The van der Waals surface area contributed by atoms with Gasteiger partial charge in [0, 0.05) is 23.0 Å². The second-order valence-electron chi connectivity index (χ2n) is 10.3. The van der Waals surface area contributed by atoms with Gasteiger partial charge in [0.25, 0.3) is 0 Å². The second kappa shape index (κ2) is 12.1. The van der Waals surface area contributed by atoms with Crippen LogP contribution in [0.15, 0.2) is 72.8 Å². The average molecular weight is 481 g/mol. The molecule has 0 N–H and O–H groups in total. The Morgan fingerprint density at radius 1 is 0.750 bits per heavy atom. The summed E-state index contributed by atoms with van der Waals surface area (Å²) in [5.41, 5.74) is 6.42. The molecule has 1 heterocycles. The van der Waals surface area contributed by atoms with Gasteiger partial charge in [-0.1, -0.05) is 124 Å². The standard InChI is InChI=1S/C33H36O3/c1-4-5-6-31(34)29-19-15-27(16-20-29)13-11-25-7-9-26(10-8-25)12-14-28-17-21-30(22-18-28)32-35-23-33(2,3)24-36-32/h7-22,32H,4-6,23-24H2,1-3H3/b13-11+,14-12+. The third kappa shape index (κ3) is 7.36. The first-order chi connectivity index (χ1) is 17.4. The lowest BCUT2D eigenvalue weighted by Crippen LogP contribution is -2.33. The monoisotopic (exact) mass is 480 g/mol. The van der Waals surface area contributed by atoms with E-state index in [1.807, 2.05) is 24.3 Å². The molecule has 0 spiro atoms. The van der Waals surface area contributed by atoms with Gasteiger partial charge in [-0.05, 0) is 28.7 Å². The lowest BCUT2D eigenvalue weighted by Gasteiger charge is -2.34. The molecule has 3 aromatic rings. The zero-order chi connectivity index (χ0) is 25.4. The minimum atomic E-state index is -0.275. The van der Waals surface area contributed by atoms with Crippen molar-refractivity contribution < 1.29 is 14.3 Å². The molecule has 0 radical (unpaired) electrons. The topological polar surface area (TPSA) is 35.5 Å². The summed E-state index contributed by atoms with van der Waals surface area (Å²) in [6.45, 7) is 7.82. The lowest BCUT2D eigenvalue weighted by molar-refractivity contribution is -0.226. The summed E-state index contributed by atoms with van der Waals surface area (Å²) < 4.78 is 11.8. The maximum Gasteiger partial charge on any atom is 0.183 e. The highest BCUT2D eigenvalue weighted by molar-refractivity contribution is 5.96. The Hall–Kier alpha value is -3.27. The van der Waals surface area contributed by atoms with E-state index in [9.17, 15) is 4.79 Å². The zero-order valence-electron chi connectivity index (χ0n) is 21.6. The number of rotatable bonds is 9. The number of ketones is 1. The minimum absolute atomic E-state index is 0.0747. The third-order valence-corrected chi connectivity index (χ3v) is 6.32. The Morgan fingerprint density at radius 3 is 1.61 bits per heavy atom. The second-order valence-corrected chi connectivity index (χ2v) is 10.3. The van der Waals surface area contributed by atoms with Crippen molar-refractivity contribution in [1.82, 2.24) is 0 Å². The van der Waals surface area contributed by atoms with Gasteiger partial charge in [0.1, 0.15) is 0 Å². The van der Waals surface area contributed by atoms with E-state index in [2.05, 4.69) is 93.6 Å². The van der Waals surface area contributed by atoms with Gasteiger partial charge >= 0.3 is 0 Å². The van der Waals surface area contributed by atoms with Crippen LogP contribution in [0.5, 0.6) is 0 Å². The molecule has 0 bridgehead atoms. The Labute approximate surface area is 215 Å². The van der Waals surface area contributed by atoms with Gasteiger partial charge in [-0.2, -0.15) is 0 Å². The number of Topliss-reactive ketones (excluding diaryl/α,β-unsaturated/α-hetero) is 1. The van der Waals surface area contributed by atoms with Crippen LogP contribution >= 0.6 is 0 Å². The van der Waals surface area contributed by atoms with Crippen LogP contribution in [-0.2, 0) is 9.47 Å². The van der Waals surface area contributed by atoms with E-state index in [1.165, 1.54) is 0 Å². The summed E-state index contributed by atoms with van der Waals surface area (Å²) in [4.78, 5) is 12.1. The summed E-state index contributed by atoms with van der Waals surface area (Å²) in [5.74, 6) is 0.225. The van der Waals surface area contributed by atoms with Crippen LogP contribution in [0.25, 0.3) is 24.3 Å². The van der Waals surface area contributed by atoms with E-state index in [-0.39, 0.29) is 17.5 Å². The first kappa shape index (κ1) is 25.8. The fraction of sp³-hybridized carbons (Fsp3) is 0.303. The predicted molar refractivity (Wildman–Crippen MR) is 149 cm³/mol. The van der Waals surface area contributed by atoms with Gasteiger partial charge in [-0.25, -0.2) is 0 Å². The summed E-state index contributed by atoms with van der Waals surface area (Å²) >= 11 is 0. The summed E-state index contributed by atoms with van der Waals surface area (Å²) in [6.07, 6.45) is 10.7. The van der Waals surface area contributed by atoms with Crippen molar-refractivity contribution in [3.05, 3.63) is 106 Å². The van der Waals surface area contributed by atoms with Gasteiger partial charge in [-0.3, -0.25) is 4.79 Å². The van der Waals surface area contributed by atoms with Crippen molar-refractivity contribution in [2.45, 2.75) is 46.3 Å². The number of hydrogen-bond acceptors (Lipinski definition) is 3. The highest BCUT2D eigenvalue weighted by Gasteiger charge is 2.29. The Balaban J connectivity index is 1.30. The molecule has 0 amide bonds. The maximum absolute atomic E-state index is 12.1. The van der Waals surface area contributed by atoms with E-state index in [0.29, 0.717) is 19.6 Å². The first-order valence-corrected chi connectivity index (χ1v) is 12.8. The van der Waals surface area contributed by atoms with Crippen LogP contribution in [0.3, 0.4) is 0 Å². The molecule has 4 rings (SSSR count). The number of carbonyl (C=O) groups is 1. The summed E-state index contributed by atoms with van der Waals surface area (Å²) in [6, 6.07) is 24.7. The number of benzene rings is 3. The van der Waals surface area contributed by atoms with Gasteiger partial charge in [0.05, 0.1) is 13.2 Å². The van der Waals surface area contributed by atoms with E-state index in [0.717, 1.165) is 46.2 Å². The fourth-order valence-corrected chi connectivity index (χ4v) is 4.01. The fourth-order valence-electron chi connectivity index (χ4n) is 4.01. The van der Waals surface area contributed by atoms with E-state index < -0.39 is 0 Å². The minimum Gasteiger partial charge on any atom is -0.348 e. The van der Waals surface area contributed by atoms with Crippen molar-refractivity contribution in [2.24, 2.45) is 5.41 Å². The van der Waals surface area contributed by atoms with Crippen LogP contribution in [0.2, 0.25) is 0 Å². The van der Waals surface area contributed by atoms with Crippen LogP contribution in [-0.4, -0.2) is 19.0 Å². The molecule has 1 aliphatic heterocycles. The van der Waals surface area contributed by atoms with Gasteiger partial charge in [0.15, 0.2) is 12.1 Å². The Morgan fingerprint density at radius 2 is 1.17 bits per heavy atom. The summed E-state index contributed by atoms with van der Waals surface area (Å²) in [5, 5.41) is 0. The van der Waals surface area contributed by atoms with Crippen LogP contribution in [0.1, 0.15) is 84.5 Å². The van der Waals surface area contributed by atoms with Crippen molar-refractivity contribution in [2.75, 3.05) is 13.2 Å². The number of carbonyl (C=O) groups excluding carboxylic acids is 1. The molecule has 3 nitrogen and oxygen atoms in total. The third-order valence-electron chi connectivity index (χ3n) is 6.32. The van der Waals surface area contributed by atoms with E-state index in [4.69, 9.17) is 9.47 Å². The molecular weight excluding hydrogens is 444 g/mol. The highest BCUT2D eigenvalue weighted by Crippen LogP contribution is 2.31. The molecule has 0 aliphatic carbocycles. The number of unbranched alkanes of at least 4 members (excludes halogenated alkanes) is 1. The molecule has 186 valence electrons. The van der Waals surface area contributed by atoms with Crippen molar-refractivity contribution in [3.8, 4) is 0 Å². The SMILES string of the molecule is CCCCC(=O)c1ccc(/C=C/c2ccc(/C=C/c3ccc(C4OCC(C)(C)CO4)cc3)cc2)cc1. The van der Waals surface area contributed by atoms with Crippen molar-refractivity contribution >= 4 is 30.1 Å². The van der Waals surface area contributed by atoms with Gasteiger partial charge in [-0.15, -0.1) is 0 Å². The molecule has 3 heteroatoms. The molecule has 0 saturated carbocycles. The summed E-state index contributed by atoms with van der Waals surface area (Å²) in [7, 11) is 0. The van der Waals surface area contributed by atoms with Gasteiger partial charge < -0.3 is 9.47 Å². The molecule has 3 aromatic carbocycles. The number of ether oxygens (including phenoxy) is 2. The largest absolute Gasteiger partial charge is 0.348 e. The molecule has 0 unspecified atom stereocenters. The molecule has 1 fully saturated rings. The molecule has 1 aliphatic rings.